The van der Waals surface area contributed by atoms with Crippen molar-refractivity contribution in [1.82, 2.24) is 9.80 Å². The fraction of sp³-hybridized carbons (Fsp3) is 0.591. The van der Waals surface area contributed by atoms with Gasteiger partial charge in [0.15, 0.2) is 0 Å². The van der Waals surface area contributed by atoms with Gasteiger partial charge in [-0.15, -0.1) is 0 Å². The number of hydrogen-bond donors (Lipinski definition) is 0. The molecule has 4 rings (SSSR count). The monoisotopic (exact) mass is 383 g/mol. The van der Waals surface area contributed by atoms with Crippen molar-refractivity contribution < 1.29 is 14.4 Å². The first kappa shape index (κ1) is 19.0. The van der Waals surface area contributed by atoms with Gasteiger partial charge in [0, 0.05) is 51.3 Å². The van der Waals surface area contributed by atoms with Gasteiger partial charge in [-0.3, -0.25) is 19.3 Å². The van der Waals surface area contributed by atoms with Crippen molar-refractivity contribution in [2.24, 2.45) is 5.41 Å². The lowest BCUT2D eigenvalue weighted by Crippen LogP contribution is -2.49. The molecule has 0 aromatic heterocycles. The molecule has 28 heavy (non-hydrogen) atoms. The van der Waals surface area contributed by atoms with E-state index < -0.39 is 5.41 Å². The average Bonchev–Trinajstić information content (AvgIpc) is 3.26. The van der Waals surface area contributed by atoms with Crippen LogP contribution in [0.2, 0.25) is 0 Å². The van der Waals surface area contributed by atoms with Crippen LogP contribution in [0.15, 0.2) is 24.3 Å². The third kappa shape index (κ3) is 3.40. The van der Waals surface area contributed by atoms with Crippen molar-refractivity contribution in [3.05, 3.63) is 29.8 Å². The van der Waals surface area contributed by atoms with E-state index >= 15 is 0 Å². The number of benzene rings is 1. The summed E-state index contributed by atoms with van der Waals surface area (Å²) in [5.74, 6) is -0.0892. The number of imide groups is 1. The maximum Gasteiger partial charge on any atom is 0.235 e. The van der Waals surface area contributed by atoms with Crippen LogP contribution in [-0.2, 0) is 14.4 Å². The lowest BCUT2D eigenvalue weighted by atomic mass is 9.84. The lowest BCUT2D eigenvalue weighted by Gasteiger charge is -2.37. The Labute approximate surface area is 166 Å². The number of nitrogens with zero attached hydrogens (tertiary/aromatic N) is 3. The first-order chi connectivity index (χ1) is 13.5. The summed E-state index contributed by atoms with van der Waals surface area (Å²) in [5, 5.41) is 0. The van der Waals surface area contributed by atoms with Crippen molar-refractivity contribution in [3.63, 3.8) is 0 Å². The maximum absolute atomic E-state index is 12.7. The first-order valence-corrected chi connectivity index (χ1v) is 10.4. The van der Waals surface area contributed by atoms with Crippen molar-refractivity contribution in [2.75, 3.05) is 37.6 Å². The molecular weight excluding hydrogens is 354 g/mol. The Bertz CT molecular complexity index is 777. The Hall–Kier alpha value is -2.37. The molecule has 3 amide bonds. The van der Waals surface area contributed by atoms with Crippen LogP contribution in [0.5, 0.6) is 0 Å². The van der Waals surface area contributed by atoms with E-state index in [1.54, 1.807) is 0 Å². The number of carbonyl (C=O) groups excluding carboxylic acids is 3. The highest BCUT2D eigenvalue weighted by atomic mass is 16.2. The molecule has 3 fully saturated rings. The Balaban J connectivity index is 1.29. The number of carbonyl (C=O) groups is 3. The molecule has 2 aliphatic heterocycles. The third-order valence-corrected chi connectivity index (χ3v) is 6.69. The third-order valence-electron chi connectivity index (χ3n) is 6.69. The van der Waals surface area contributed by atoms with Crippen LogP contribution in [-0.4, -0.2) is 60.2 Å². The van der Waals surface area contributed by atoms with Crippen LogP contribution in [0.25, 0.3) is 0 Å². The molecule has 0 unspecified atom stereocenters. The van der Waals surface area contributed by atoms with Gasteiger partial charge in [0.1, 0.15) is 0 Å². The topological polar surface area (TPSA) is 60.9 Å². The summed E-state index contributed by atoms with van der Waals surface area (Å²) in [6.07, 6.45) is 4.27. The minimum absolute atomic E-state index is 0.0350. The van der Waals surface area contributed by atoms with E-state index in [2.05, 4.69) is 24.0 Å². The summed E-state index contributed by atoms with van der Waals surface area (Å²) in [7, 11) is 0. The first-order valence-electron chi connectivity index (χ1n) is 10.4. The molecule has 0 bridgehead atoms. The molecule has 2 saturated heterocycles. The SMILES string of the molecule is Cc1ccccc1N1CCN(C(=O)CCN2C(=O)CC3(CCCC3)C2=O)CC1. The number of likely N-dealkylation sites (tertiary alicyclic amines) is 1. The van der Waals surface area contributed by atoms with Crippen molar-refractivity contribution >= 4 is 23.4 Å². The molecule has 6 nitrogen and oxygen atoms in total. The van der Waals surface area contributed by atoms with Crippen LogP contribution in [0.4, 0.5) is 5.69 Å². The number of aryl methyl sites for hydroxylation is 1. The number of piperazine rings is 1. The van der Waals surface area contributed by atoms with E-state index in [0.29, 0.717) is 19.5 Å². The lowest BCUT2D eigenvalue weighted by molar-refractivity contribution is -0.142. The minimum atomic E-state index is -0.445. The van der Waals surface area contributed by atoms with Gasteiger partial charge in [-0.1, -0.05) is 31.0 Å². The van der Waals surface area contributed by atoms with Gasteiger partial charge in [-0.05, 0) is 31.4 Å². The fourth-order valence-electron chi connectivity index (χ4n) is 5.01. The minimum Gasteiger partial charge on any atom is -0.368 e. The van der Waals surface area contributed by atoms with Crippen molar-refractivity contribution in [3.8, 4) is 0 Å². The molecule has 0 N–H and O–H groups in total. The number of hydrogen-bond acceptors (Lipinski definition) is 4. The van der Waals surface area contributed by atoms with Gasteiger partial charge in [0.05, 0.1) is 5.41 Å². The van der Waals surface area contributed by atoms with Gasteiger partial charge in [0.2, 0.25) is 17.7 Å². The summed E-state index contributed by atoms with van der Waals surface area (Å²) in [4.78, 5) is 43.3. The second-order valence-corrected chi connectivity index (χ2v) is 8.42. The second-order valence-electron chi connectivity index (χ2n) is 8.42. The van der Waals surface area contributed by atoms with Gasteiger partial charge in [-0.2, -0.15) is 0 Å². The molecule has 1 aromatic rings. The van der Waals surface area contributed by atoms with Crippen LogP contribution in [0.3, 0.4) is 0 Å². The molecule has 1 aliphatic carbocycles. The number of para-hydroxylation sites is 1. The maximum atomic E-state index is 12.7. The molecule has 1 saturated carbocycles. The average molecular weight is 383 g/mol. The van der Waals surface area contributed by atoms with E-state index in [1.165, 1.54) is 16.2 Å². The summed E-state index contributed by atoms with van der Waals surface area (Å²) in [5.41, 5.74) is 2.03. The van der Waals surface area contributed by atoms with Gasteiger partial charge in [0.25, 0.3) is 0 Å². The van der Waals surface area contributed by atoms with Crippen LogP contribution in [0.1, 0.15) is 44.1 Å². The molecular formula is C22H29N3O3. The van der Waals surface area contributed by atoms with Gasteiger partial charge < -0.3 is 9.80 Å². The zero-order chi connectivity index (χ0) is 19.7. The predicted octanol–water partition coefficient (Wildman–Crippen LogP) is 2.35. The number of rotatable bonds is 4. The Morgan fingerprint density at radius 1 is 1.04 bits per heavy atom. The Morgan fingerprint density at radius 2 is 1.71 bits per heavy atom. The largest absolute Gasteiger partial charge is 0.368 e. The fourth-order valence-corrected chi connectivity index (χ4v) is 5.01. The van der Waals surface area contributed by atoms with Crippen molar-refractivity contribution in [2.45, 2.75) is 45.4 Å². The number of anilines is 1. The molecule has 2 heterocycles. The standard InChI is InChI=1S/C22H29N3O3/c1-17-6-2-3-7-18(17)23-12-14-24(15-13-23)19(26)8-11-25-20(27)16-22(21(25)28)9-4-5-10-22/h2-3,6-7H,4-5,8-16H2,1H3. The zero-order valence-corrected chi connectivity index (χ0v) is 16.7. The van der Waals surface area contributed by atoms with Crippen molar-refractivity contribution in [1.29, 1.82) is 0 Å². The zero-order valence-electron chi connectivity index (χ0n) is 16.7. The van der Waals surface area contributed by atoms with E-state index in [0.717, 1.165) is 38.8 Å². The smallest absolute Gasteiger partial charge is 0.235 e. The van der Waals surface area contributed by atoms with E-state index in [1.807, 2.05) is 17.0 Å². The van der Waals surface area contributed by atoms with Crippen LogP contribution >= 0.6 is 0 Å². The summed E-state index contributed by atoms with van der Waals surface area (Å²) in [6, 6.07) is 8.31. The van der Waals surface area contributed by atoms with Crippen LogP contribution < -0.4 is 4.90 Å². The highest BCUT2D eigenvalue weighted by Gasteiger charge is 2.52. The Morgan fingerprint density at radius 3 is 2.39 bits per heavy atom. The normalized spacial score (nSPS) is 21.8. The van der Waals surface area contributed by atoms with E-state index in [9.17, 15) is 14.4 Å². The molecule has 0 radical (unpaired) electrons. The highest BCUT2D eigenvalue weighted by Crippen LogP contribution is 2.46. The quantitative estimate of drug-likeness (QED) is 0.749. The highest BCUT2D eigenvalue weighted by molar-refractivity contribution is 6.06. The molecule has 3 aliphatic rings. The van der Waals surface area contributed by atoms with E-state index in [4.69, 9.17) is 0 Å². The number of amides is 3. The van der Waals surface area contributed by atoms with Gasteiger partial charge >= 0.3 is 0 Å². The predicted molar refractivity (Wildman–Crippen MR) is 107 cm³/mol. The Kier molecular flexibility index (Phi) is 5.13. The van der Waals surface area contributed by atoms with E-state index in [-0.39, 0.29) is 30.7 Å². The molecule has 1 aromatic carbocycles. The second kappa shape index (κ2) is 7.57. The molecule has 6 heteroatoms. The molecule has 1 spiro atoms. The molecule has 150 valence electrons. The summed E-state index contributed by atoms with van der Waals surface area (Å²) >= 11 is 0. The van der Waals surface area contributed by atoms with Gasteiger partial charge in [-0.25, -0.2) is 0 Å². The van der Waals surface area contributed by atoms with Crippen LogP contribution in [0, 0.1) is 12.3 Å². The summed E-state index contributed by atoms with van der Waals surface area (Å²) in [6.45, 7) is 5.31. The summed E-state index contributed by atoms with van der Waals surface area (Å²) < 4.78 is 0. The molecule has 0 atom stereocenters.